The first-order valence-electron chi connectivity index (χ1n) is 6.56. The highest BCUT2D eigenvalue weighted by molar-refractivity contribution is 5.74. The lowest BCUT2D eigenvalue weighted by molar-refractivity contribution is -0.145. The fourth-order valence-electron chi connectivity index (χ4n) is 2.11. The molecule has 0 aromatic heterocycles. The number of carbonyl (C=O) groups is 2. The van der Waals surface area contributed by atoms with Crippen molar-refractivity contribution < 1.29 is 24.5 Å². The van der Waals surface area contributed by atoms with Crippen molar-refractivity contribution in [3.8, 4) is 0 Å². The van der Waals surface area contributed by atoms with Crippen LogP contribution in [-0.2, 0) is 9.53 Å². The number of amides is 2. The van der Waals surface area contributed by atoms with Gasteiger partial charge in [-0.3, -0.25) is 0 Å². The van der Waals surface area contributed by atoms with Gasteiger partial charge in [-0.1, -0.05) is 0 Å². The minimum Gasteiger partial charge on any atom is -0.480 e. The first-order chi connectivity index (χ1) is 9.08. The third kappa shape index (κ3) is 5.04. The summed E-state index contributed by atoms with van der Waals surface area (Å²) in [5.41, 5.74) is 0. The van der Waals surface area contributed by atoms with Crippen LogP contribution in [0.15, 0.2) is 0 Å². The summed E-state index contributed by atoms with van der Waals surface area (Å²) in [5, 5.41) is 17.4. The van der Waals surface area contributed by atoms with Gasteiger partial charge in [0.15, 0.2) is 0 Å². The Hall–Kier alpha value is -1.34. The van der Waals surface area contributed by atoms with E-state index in [9.17, 15) is 9.59 Å². The maximum absolute atomic E-state index is 12.1. The highest BCUT2D eigenvalue weighted by Crippen LogP contribution is 2.15. The number of hydrogen-bond acceptors (Lipinski definition) is 4. The predicted octanol–water partition coefficient (Wildman–Crippen LogP) is -0.0138. The van der Waals surface area contributed by atoms with Gasteiger partial charge in [0.05, 0.1) is 12.7 Å². The van der Waals surface area contributed by atoms with Crippen molar-refractivity contribution in [3.05, 3.63) is 0 Å². The van der Waals surface area contributed by atoms with E-state index in [1.165, 1.54) is 0 Å². The second kappa shape index (κ2) is 7.96. The lowest BCUT2D eigenvalue weighted by Gasteiger charge is -2.35. The molecule has 7 heteroatoms. The van der Waals surface area contributed by atoms with Crippen LogP contribution in [0.25, 0.3) is 0 Å². The number of ether oxygens (including phenoxy) is 1. The Morgan fingerprint density at radius 3 is 2.47 bits per heavy atom. The summed E-state index contributed by atoms with van der Waals surface area (Å²) < 4.78 is 5.22. The molecule has 0 aromatic rings. The molecule has 1 heterocycles. The van der Waals surface area contributed by atoms with Gasteiger partial charge in [-0.2, -0.15) is 0 Å². The zero-order valence-electron chi connectivity index (χ0n) is 11.2. The quantitative estimate of drug-likeness (QED) is 0.710. The van der Waals surface area contributed by atoms with Gasteiger partial charge < -0.3 is 24.7 Å². The smallest absolute Gasteiger partial charge is 0.329 e. The van der Waals surface area contributed by atoms with Gasteiger partial charge in [0.25, 0.3) is 0 Å². The zero-order chi connectivity index (χ0) is 14.3. The minimum absolute atomic E-state index is 0.0439. The molecule has 0 saturated carbocycles. The third-order valence-corrected chi connectivity index (χ3v) is 3.18. The number of hydrogen-bond donors (Lipinski definition) is 2. The number of rotatable bonds is 6. The molecule has 0 aromatic carbocycles. The van der Waals surface area contributed by atoms with E-state index in [2.05, 4.69) is 0 Å². The number of nitrogens with zero attached hydrogens (tertiary/aromatic N) is 2. The average Bonchev–Trinajstić information content (AvgIpc) is 2.42. The van der Waals surface area contributed by atoms with Crippen molar-refractivity contribution in [1.29, 1.82) is 0 Å². The van der Waals surface area contributed by atoms with E-state index in [4.69, 9.17) is 14.9 Å². The first-order valence-corrected chi connectivity index (χ1v) is 6.56. The Bertz CT molecular complexity index is 302. The Morgan fingerprint density at radius 1 is 1.37 bits per heavy atom. The molecule has 1 aliphatic heterocycles. The van der Waals surface area contributed by atoms with Crippen molar-refractivity contribution in [2.45, 2.75) is 25.9 Å². The summed E-state index contributed by atoms with van der Waals surface area (Å²) in [7, 11) is 0. The number of carboxylic acid groups (broad SMARTS) is 1. The van der Waals surface area contributed by atoms with Crippen molar-refractivity contribution in [2.24, 2.45) is 0 Å². The van der Waals surface area contributed by atoms with Crippen LogP contribution in [0.2, 0.25) is 0 Å². The molecular formula is C12H22N2O5. The van der Waals surface area contributed by atoms with Crippen molar-refractivity contribution >= 4 is 12.0 Å². The normalized spacial score (nSPS) is 16.4. The molecule has 7 nitrogen and oxygen atoms in total. The molecule has 110 valence electrons. The highest BCUT2D eigenvalue weighted by atomic mass is 16.5. The van der Waals surface area contributed by atoms with Crippen LogP contribution in [0.1, 0.15) is 19.8 Å². The van der Waals surface area contributed by atoms with E-state index < -0.39 is 5.97 Å². The average molecular weight is 274 g/mol. The molecule has 2 N–H and O–H groups in total. The standard InChI is InChI=1S/C12H22N2O5/c1-2-13(7-8-15)12(18)14-5-3-10(4-6-14)19-9-11(16)17/h10,15H,2-9H2,1H3,(H,16,17). The van der Waals surface area contributed by atoms with Gasteiger partial charge >= 0.3 is 12.0 Å². The van der Waals surface area contributed by atoms with E-state index in [1.54, 1.807) is 9.80 Å². The summed E-state index contributed by atoms with van der Waals surface area (Å²) >= 11 is 0. The summed E-state index contributed by atoms with van der Waals surface area (Å²) in [6, 6.07) is -0.0757. The van der Waals surface area contributed by atoms with E-state index in [1.807, 2.05) is 6.92 Å². The van der Waals surface area contributed by atoms with Gasteiger partial charge in [0.2, 0.25) is 0 Å². The minimum atomic E-state index is -0.974. The zero-order valence-corrected chi connectivity index (χ0v) is 11.2. The van der Waals surface area contributed by atoms with E-state index in [0.29, 0.717) is 39.0 Å². The number of likely N-dealkylation sites (tertiary alicyclic amines) is 1. The first kappa shape index (κ1) is 15.7. The molecule has 19 heavy (non-hydrogen) atoms. The van der Waals surface area contributed by atoms with Gasteiger partial charge in [-0.05, 0) is 19.8 Å². The second-order valence-electron chi connectivity index (χ2n) is 4.48. The SMILES string of the molecule is CCN(CCO)C(=O)N1CCC(OCC(=O)O)CC1. The number of likely N-dealkylation sites (N-methyl/N-ethyl adjacent to an activating group) is 1. The molecule has 0 radical (unpaired) electrons. The molecular weight excluding hydrogens is 252 g/mol. The maximum atomic E-state index is 12.1. The van der Waals surface area contributed by atoms with E-state index >= 15 is 0 Å². The van der Waals surface area contributed by atoms with Gasteiger partial charge in [0, 0.05) is 26.2 Å². The third-order valence-electron chi connectivity index (χ3n) is 3.18. The fourth-order valence-corrected chi connectivity index (χ4v) is 2.11. The summed E-state index contributed by atoms with van der Waals surface area (Å²) in [6.07, 6.45) is 1.21. The number of aliphatic hydroxyl groups excluding tert-OH is 1. The lowest BCUT2D eigenvalue weighted by Crippen LogP contribution is -2.48. The van der Waals surface area contributed by atoms with Crippen LogP contribution in [0.3, 0.4) is 0 Å². The summed E-state index contributed by atoms with van der Waals surface area (Å²) in [6.45, 7) is 3.56. The van der Waals surface area contributed by atoms with Crippen LogP contribution < -0.4 is 0 Å². The Kier molecular flexibility index (Phi) is 6.58. The number of carboxylic acids is 1. The van der Waals surface area contributed by atoms with Crippen molar-refractivity contribution in [1.82, 2.24) is 9.80 Å². The van der Waals surface area contributed by atoms with Crippen LogP contribution >= 0.6 is 0 Å². The van der Waals surface area contributed by atoms with Crippen LogP contribution in [-0.4, -0.2) is 77.5 Å². The largest absolute Gasteiger partial charge is 0.480 e. The molecule has 1 fully saturated rings. The molecule has 0 aliphatic carbocycles. The number of aliphatic hydroxyl groups is 1. The van der Waals surface area contributed by atoms with Crippen LogP contribution in [0, 0.1) is 0 Å². The molecule has 2 amide bonds. The fraction of sp³-hybridized carbons (Fsp3) is 0.833. The number of aliphatic carboxylic acids is 1. The molecule has 1 rings (SSSR count). The van der Waals surface area contributed by atoms with Crippen LogP contribution in [0.4, 0.5) is 4.79 Å². The second-order valence-corrected chi connectivity index (χ2v) is 4.48. The summed E-state index contributed by atoms with van der Waals surface area (Å²) in [5.74, 6) is -0.974. The predicted molar refractivity (Wildman–Crippen MR) is 67.9 cm³/mol. The molecule has 1 aliphatic rings. The molecule has 0 spiro atoms. The van der Waals surface area contributed by atoms with E-state index in [-0.39, 0.29) is 25.3 Å². The molecule has 1 saturated heterocycles. The van der Waals surface area contributed by atoms with Crippen molar-refractivity contribution in [2.75, 3.05) is 39.4 Å². The van der Waals surface area contributed by atoms with Gasteiger partial charge in [-0.15, -0.1) is 0 Å². The van der Waals surface area contributed by atoms with Gasteiger partial charge in [-0.25, -0.2) is 9.59 Å². The van der Waals surface area contributed by atoms with Crippen LogP contribution in [0.5, 0.6) is 0 Å². The lowest BCUT2D eigenvalue weighted by atomic mass is 10.1. The Labute approximate surface area is 112 Å². The number of urea groups is 1. The molecule has 0 unspecified atom stereocenters. The molecule has 0 bridgehead atoms. The Morgan fingerprint density at radius 2 is 2.00 bits per heavy atom. The summed E-state index contributed by atoms with van der Waals surface area (Å²) in [4.78, 5) is 25.8. The number of carbonyl (C=O) groups excluding carboxylic acids is 1. The van der Waals surface area contributed by atoms with Crippen molar-refractivity contribution in [3.63, 3.8) is 0 Å². The van der Waals surface area contributed by atoms with Gasteiger partial charge in [0.1, 0.15) is 6.61 Å². The highest BCUT2D eigenvalue weighted by Gasteiger charge is 2.26. The topological polar surface area (TPSA) is 90.3 Å². The van der Waals surface area contributed by atoms with E-state index in [0.717, 1.165) is 0 Å². The number of piperidine rings is 1. The molecule has 0 atom stereocenters. The monoisotopic (exact) mass is 274 g/mol. The maximum Gasteiger partial charge on any atom is 0.329 e. The Balaban J connectivity index is 2.36.